The number of halogens is 1. The number of aliphatic hydroxyl groups is 1. The number of hydrogen-bond donors (Lipinski definition) is 2. The fourth-order valence-electron chi connectivity index (χ4n) is 1.78. The summed E-state index contributed by atoms with van der Waals surface area (Å²) in [6, 6.07) is 14.4. The SMILES string of the molecule is O=C(O)C(O)(c1ccccc1)c1ccc(Cl)cc1. The maximum Gasteiger partial charge on any atom is 0.345 e. The van der Waals surface area contributed by atoms with Crippen LogP contribution in [0.25, 0.3) is 0 Å². The summed E-state index contributed by atoms with van der Waals surface area (Å²) < 4.78 is 0. The molecule has 1 atom stereocenters. The zero-order valence-corrected chi connectivity index (χ0v) is 10.1. The first-order valence-electron chi connectivity index (χ1n) is 5.32. The summed E-state index contributed by atoms with van der Waals surface area (Å²) in [5.41, 5.74) is -1.49. The lowest BCUT2D eigenvalue weighted by molar-refractivity contribution is -0.155. The molecule has 0 aliphatic carbocycles. The van der Waals surface area contributed by atoms with Crippen LogP contribution in [0.1, 0.15) is 11.1 Å². The summed E-state index contributed by atoms with van der Waals surface area (Å²) in [5.74, 6) is -1.32. The second kappa shape index (κ2) is 4.80. The Morgan fingerprint density at radius 2 is 1.44 bits per heavy atom. The largest absolute Gasteiger partial charge is 0.479 e. The smallest absolute Gasteiger partial charge is 0.345 e. The number of hydrogen-bond acceptors (Lipinski definition) is 2. The number of benzene rings is 2. The van der Waals surface area contributed by atoms with Gasteiger partial charge in [-0.3, -0.25) is 0 Å². The van der Waals surface area contributed by atoms with Gasteiger partial charge in [0.2, 0.25) is 5.60 Å². The fraction of sp³-hybridized carbons (Fsp3) is 0.0714. The van der Waals surface area contributed by atoms with Gasteiger partial charge < -0.3 is 10.2 Å². The molecule has 0 radical (unpaired) electrons. The number of carbonyl (C=O) groups is 1. The molecule has 0 heterocycles. The Morgan fingerprint density at radius 3 is 1.94 bits per heavy atom. The molecule has 92 valence electrons. The summed E-state index contributed by atoms with van der Waals surface area (Å²) in [6.45, 7) is 0. The second-order valence-corrected chi connectivity index (χ2v) is 4.32. The molecule has 18 heavy (non-hydrogen) atoms. The average molecular weight is 263 g/mol. The molecular formula is C14H11ClO3. The van der Waals surface area contributed by atoms with Gasteiger partial charge >= 0.3 is 5.97 Å². The van der Waals surface area contributed by atoms with Crippen LogP contribution in [0.2, 0.25) is 5.02 Å². The van der Waals surface area contributed by atoms with Gasteiger partial charge in [-0.1, -0.05) is 54.1 Å². The van der Waals surface area contributed by atoms with E-state index in [1.165, 1.54) is 12.1 Å². The quantitative estimate of drug-likeness (QED) is 0.894. The molecule has 0 amide bonds. The van der Waals surface area contributed by atoms with Gasteiger partial charge in [-0.25, -0.2) is 4.79 Å². The minimum absolute atomic E-state index is 0.269. The van der Waals surface area contributed by atoms with Crippen molar-refractivity contribution in [2.75, 3.05) is 0 Å². The second-order valence-electron chi connectivity index (χ2n) is 3.89. The maximum atomic E-state index is 11.4. The summed E-state index contributed by atoms with van der Waals surface area (Å²) >= 11 is 5.76. The maximum absolute atomic E-state index is 11.4. The molecule has 2 rings (SSSR count). The predicted octanol–water partition coefficient (Wildman–Crippen LogP) is 2.66. The minimum atomic E-state index is -2.06. The normalized spacial score (nSPS) is 13.9. The van der Waals surface area contributed by atoms with E-state index < -0.39 is 11.6 Å². The van der Waals surface area contributed by atoms with Crippen molar-refractivity contribution >= 4 is 17.6 Å². The molecule has 0 saturated carbocycles. The highest BCUT2D eigenvalue weighted by Crippen LogP contribution is 2.30. The summed E-state index contributed by atoms with van der Waals surface area (Å²) in [6.07, 6.45) is 0. The Hall–Kier alpha value is -1.84. The zero-order valence-electron chi connectivity index (χ0n) is 9.38. The summed E-state index contributed by atoms with van der Waals surface area (Å²) in [7, 11) is 0. The van der Waals surface area contributed by atoms with Crippen LogP contribution >= 0.6 is 11.6 Å². The third kappa shape index (κ3) is 2.10. The molecule has 3 nitrogen and oxygen atoms in total. The molecule has 0 aliphatic rings. The van der Waals surface area contributed by atoms with E-state index in [0.717, 1.165) is 0 Å². The average Bonchev–Trinajstić information content (AvgIpc) is 2.39. The topological polar surface area (TPSA) is 57.5 Å². The Labute approximate surface area is 109 Å². The van der Waals surface area contributed by atoms with Crippen LogP contribution in [0.5, 0.6) is 0 Å². The minimum Gasteiger partial charge on any atom is -0.479 e. The van der Waals surface area contributed by atoms with Crippen molar-refractivity contribution in [1.82, 2.24) is 0 Å². The van der Waals surface area contributed by atoms with E-state index in [9.17, 15) is 15.0 Å². The number of rotatable bonds is 3. The molecule has 0 aliphatic heterocycles. The van der Waals surface area contributed by atoms with Crippen molar-refractivity contribution in [1.29, 1.82) is 0 Å². The third-order valence-electron chi connectivity index (χ3n) is 2.76. The lowest BCUT2D eigenvalue weighted by atomic mass is 9.86. The van der Waals surface area contributed by atoms with E-state index in [0.29, 0.717) is 10.6 Å². The van der Waals surface area contributed by atoms with Crippen molar-refractivity contribution in [2.45, 2.75) is 5.60 Å². The Morgan fingerprint density at radius 1 is 0.944 bits per heavy atom. The summed E-state index contributed by atoms with van der Waals surface area (Å²) in [5, 5.41) is 20.3. The molecule has 0 aromatic heterocycles. The van der Waals surface area contributed by atoms with Gasteiger partial charge in [0.25, 0.3) is 0 Å². The Bertz CT molecular complexity index is 551. The summed E-state index contributed by atoms with van der Waals surface area (Å²) in [4.78, 5) is 11.4. The number of carboxylic acid groups (broad SMARTS) is 1. The fourth-order valence-corrected chi connectivity index (χ4v) is 1.91. The van der Waals surface area contributed by atoms with Crippen molar-refractivity contribution in [3.8, 4) is 0 Å². The molecule has 2 N–H and O–H groups in total. The molecule has 0 fully saturated rings. The van der Waals surface area contributed by atoms with Crippen molar-refractivity contribution in [3.05, 3.63) is 70.7 Å². The van der Waals surface area contributed by atoms with Gasteiger partial charge in [-0.15, -0.1) is 0 Å². The van der Waals surface area contributed by atoms with Gasteiger partial charge in [-0.05, 0) is 23.3 Å². The van der Waals surface area contributed by atoms with E-state index in [2.05, 4.69) is 0 Å². The van der Waals surface area contributed by atoms with E-state index in [-0.39, 0.29) is 5.56 Å². The molecule has 0 bridgehead atoms. The highest BCUT2D eigenvalue weighted by atomic mass is 35.5. The van der Waals surface area contributed by atoms with Crippen molar-refractivity contribution < 1.29 is 15.0 Å². The highest BCUT2D eigenvalue weighted by molar-refractivity contribution is 6.30. The lowest BCUT2D eigenvalue weighted by Gasteiger charge is -2.24. The van der Waals surface area contributed by atoms with Gasteiger partial charge in [-0.2, -0.15) is 0 Å². The van der Waals surface area contributed by atoms with Crippen molar-refractivity contribution in [3.63, 3.8) is 0 Å². The standard InChI is InChI=1S/C14H11ClO3/c15-12-8-6-11(7-9-12)14(18,13(16)17)10-4-2-1-3-5-10/h1-9,18H,(H,16,17). The Kier molecular flexibility index (Phi) is 3.36. The molecule has 1 unspecified atom stereocenters. The monoisotopic (exact) mass is 262 g/mol. The molecular weight excluding hydrogens is 252 g/mol. The van der Waals surface area contributed by atoms with Gasteiger partial charge in [0.15, 0.2) is 0 Å². The first-order chi connectivity index (χ1) is 8.55. The molecule has 2 aromatic carbocycles. The molecule has 2 aromatic rings. The first-order valence-corrected chi connectivity index (χ1v) is 5.70. The van der Waals surface area contributed by atoms with E-state index in [1.807, 2.05) is 0 Å². The van der Waals surface area contributed by atoms with E-state index in [4.69, 9.17) is 11.6 Å². The van der Waals surface area contributed by atoms with Crippen LogP contribution in [0.3, 0.4) is 0 Å². The van der Waals surface area contributed by atoms with Gasteiger partial charge in [0, 0.05) is 5.02 Å². The number of aliphatic carboxylic acids is 1. The lowest BCUT2D eigenvalue weighted by Crippen LogP contribution is -2.36. The van der Waals surface area contributed by atoms with Crippen LogP contribution in [-0.4, -0.2) is 16.2 Å². The van der Waals surface area contributed by atoms with E-state index in [1.54, 1.807) is 42.5 Å². The van der Waals surface area contributed by atoms with Gasteiger partial charge in [0.1, 0.15) is 0 Å². The van der Waals surface area contributed by atoms with Gasteiger partial charge in [0.05, 0.1) is 0 Å². The van der Waals surface area contributed by atoms with Crippen LogP contribution in [0, 0.1) is 0 Å². The van der Waals surface area contributed by atoms with E-state index >= 15 is 0 Å². The molecule has 0 spiro atoms. The predicted molar refractivity (Wildman–Crippen MR) is 68.5 cm³/mol. The zero-order chi connectivity index (χ0) is 13.2. The number of carboxylic acids is 1. The van der Waals surface area contributed by atoms with Crippen LogP contribution < -0.4 is 0 Å². The van der Waals surface area contributed by atoms with Crippen LogP contribution in [0.15, 0.2) is 54.6 Å². The van der Waals surface area contributed by atoms with Crippen LogP contribution in [-0.2, 0) is 10.4 Å². The third-order valence-corrected chi connectivity index (χ3v) is 3.02. The highest BCUT2D eigenvalue weighted by Gasteiger charge is 2.39. The van der Waals surface area contributed by atoms with Crippen LogP contribution in [0.4, 0.5) is 0 Å². The first kappa shape index (κ1) is 12.6. The van der Waals surface area contributed by atoms with Crippen molar-refractivity contribution in [2.24, 2.45) is 0 Å². The molecule has 0 saturated heterocycles. The molecule has 4 heteroatoms. The Balaban J connectivity index is 2.58.